The maximum atomic E-state index is 12.9. The number of hydrogen-bond acceptors (Lipinski definition) is 3. The van der Waals surface area contributed by atoms with Crippen molar-refractivity contribution < 1.29 is 14.3 Å². The average Bonchev–Trinajstić information content (AvgIpc) is 3.27. The van der Waals surface area contributed by atoms with Gasteiger partial charge >= 0.3 is 0 Å². The first kappa shape index (κ1) is 17.3. The molecular formula is C20H29NO3. The molecule has 1 saturated carbocycles. The fourth-order valence-electron chi connectivity index (χ4n) is 3.08. The van der Waals surface area contributed by atoms with Gasteiger partial charge in [0.2, 0.25) is 0 Å². The highest BCUT2D eigenvalue weighted by molar-refractivity contribution is 5.95. The number of rotatable bonds is 8. The zero-order valence-electron chi connectivity index (χ0n) is 14.9. The smallest absolute Gasteiger partial charge is 0.254 e. The van der Waals surface area contributed by atoms with Crippen molar-refractivity contribution in [2.75, 3.05) is 19.8 Å². The van der Waals surface area contributed by atoms with E-state index < -0.39 is 0 Å². The lowest BCUT2D eigenvalue weighted by molar-refractivity contribution is 0.0676. The van der Waals surface area contributed by atoms with Gasteiger partial charge in [0.05, 0.1) is 6.10 Å². The molecule has 4 nitrogen and oxygen atoms in total. The van der Waals surface area contributed by atoms with Crippen molar-refractivity contribution in [1.29, 1.82) is 0 Å². The molecular weight excluding hydrogens is 302 g/mol. The molecule has 4 heteroatoms. The van der Waals surface area contributed by atoms with Gasteiger partial charge in [0.1, 0.15) is 12.4 Å². The average molecular weight is 331 g/mol. The number of carbonyl (C=O) groups excluding carboxylic acids is 1. The summed E-state index contributed by atoms with van der Waals surface area (Å²) in [4.78, 5) is 15.0. The fraction of sp³-hybridized carbons (Fsp3) is 0.650. The predicted octanol–water partition coefficient (Wildman–Crippen LogP) is 3.90. The SMILES string of the molecule is CC(C)CCN(C(=O)c1cccc(OCC2CCCO2)c1)C1CC1. The van der Waals surface area contributed by atoms with Crippen LogP contribution >= 0.6 is 0 Å². The molecule has 0 radical (unpaired) electrons. The molecule has 0 bridgehead atoms. The van der Waals surface area contributed by atoms with E-state index in [9.17, 15) is 4.79 Å². The van der Waals surface area contributed by atoms with Gasteiger partial charge in [0.15, 0.2) is 0 Å². The minimum Gasteiger partial charge on any atom is -0.491 e. The third-order valence-electron chi connectivity index (χ3n) is 4.74. The van der Waals surface area contributed by atoms with Crippen LogP contribution in [0, 0.1) is 5.92 Å². The Morgan fingerprint density at radius 2 is 2.17 bits per heavy atom. The van der Waals surface area contributed by atoms with Crippen molar-refractivity contribution in [2.24, 2.45) is 5.92 Å². The first-order valence-corrected chi connectivity index (χ1v) is 9.29. The Labute approximate surface area is 145 Å². The van der Waals surface area contributed by atoms with E-state index in [1.54, 1.807) is 0 Å². The molecule has 0 N–H and O–H groups in total. The summed E-state index contributed by atoms with van der Waals surface area (Å²) in [5.74, 6) is 1.51. The van der Waals surface area contributed by atoms with Crippen LogP contribution in [0.3, 0.4) is 0 Å². The number of carbonyl (C=O) groups is 1. The Balaban J connectivity index is 1.61. The van der Waals surface area contributed by atoms with Crippen LogP contribution < -0.4 is 4.74 Å². The van der Waals surface area contributed by atoms with E-state index in [0.717, 1.165) is 56.6 Å². The summed E-state index contributed by atoms with van der Waals surface area (Å²) in [6.07, 6.45) is 5.69. The summed E-state index contributed by atoms with van der Waals surface area (Å²) < 4.78 is 11.4. The van der Waals surface area contributed by atoms with Gasteiger partial charge in [-0.1, -0.05) is 19.9 Å². The Morgan fingerprint density at radius 3 is 2.83 bits per heavy atom. The van der Waals surface area contributed by atoms with E-state index in [-0.39, 0.29) is 12.0 Å². The molecule has 1 aliphatic carbocycles. The van der Waals surface area contributed by atoms with E-state index in [0.29, 0.717) is 18.6 Å². The van der Waals surface area contributed by atoms with E-state index in [1.165, 1.54) is 0 Å². The van der Waals surface area contributed by atoms with E-state index in [1.807, 2.05) is 24.3 Å². The molecule has 2 aliphatic rings. The van der Waals surface area contributed by atoms with Gasteiger partial charge in [-0.3, -0.25) is 4.79 Å². The lowest BCUT2D eigenvalue weighted by Gasteiger charge is -2.23. The lowest BCUT2D eigenvalue weighted by Crippen LogP contribution is -2.34. The van der Waals surface area contributed by atoms with Gasteiger partial charge in [-0.05, 0) is 56.2 Å². The molecule has 1 aliphatic heterocycles. The van der Waals surface area contributed by atoms with Crippen LogP contribution in [-0.2, 0) is 4.74 Å². The molecule has 0 spiro atoms. The highest BCUT2D eigenvalue weighted by Crippen LogP contribution is 2.29. The minimum atomic E-state index is 0.140. The van der Waals surface area contributed by atoms with Crippen molar-refractivity contribution >= 4 is 5.91 Å². The van der Waals surface area contributed by atoms with Crippen LogP contribution in [0.5, 0.6) is 5.75 Å². The molecule has 1 aromatic carbocycles. The second-order valence-corrected chi connectivity index (χ2v) is 7.39. The number of benzene rings is 1. The molecule has 2 fully saturated rings. The van der Waals surface area contributed by atoms with Crippen molar-refractivity contribution in [3.63, 3.8) is 0 Å². The summed E-state index contributed by atoms with van der Waals surface area (Å²) >= 11 is 0. The van der Waals surface area contributed by atoms with Crippen molar-refractivity contribution in [3.05, 3.63) is 29.8 Å². The zero-order chi connectivity index (χ0) is 16.9. The van der Waals surface area contributed by atoms with Gasteiger partial charge in [0.25, 0.3) is 5.91 Å². The Hall–Kier alpha value is -1.55. The van der Waals surface area contributed by atoms with Crippen LogP contribution in [-0.4, -0.2) is 42.7 Å². The Bertz CT molecular complexity index is 548. The van der Waals surface area contributed by atoms with E-state index in [4.69, 9.17) is 9.47 Å². The molecule has 1 amide bonds. The second kappa shape index (κ2) is 8.02. The van der Waals surface area contributed by atoms with Crippen molar-refractivity contribution in [1.82, 2.24) is 4.90 Å². The predicted molar refractivity (Wildman–Crippen MR) is 94.4 cm³/mol. The lowest BCUT2D eigenvalue weighted by atomic mass is 10.1. The van der Waals surface area contributed by atoms with Gasteiger partial charge in [-0.15, -0.1) is 0 Å². The van der Waals surface area contributed by atoms with Gasteiger partial charge < -0.3 is 14.4 Å². The van der Waals surface area contributed by atoms with Crippen molar-refractivity contribution in [3.8, 4) is 5.75 Å². The van der Waals surface area contributed by atoms with Gasteiger partial charge in [0, 0.05) is 24.8 Å². The van der Waals surface area contributed by atoms with E-state index in [2.05, 4.69) is 18.7 Å². The van der Waals surface area contributed by atoms with Crippen molar-refractivity contribution in [2.45, 2.75) is 58.1 Å². The van der Waals surface area contributed by atoms with Crippen LogP contribution in [0.25, 0.3) is 0 Å². The second-order valence-electron chi connectivity index (χ2n) is 7.39. The normalized spacial score (nSPS) is 20.4. The minimum absolute atomic E-state index is 0.140. The van der Waals surface area contributed by atoms with Crippen LogP contribution in [0.15, 0.2) is 24.3 Å². The molecule has 132 valence electrons. The first-order chi connectivity index (χ1) is 11.6. The highest BCUT2D eigenvalue weighted by Gasteiger charge is 2.32. The summed E-state index contributed by atoms with van der Waals surface area (Å²) in [6, 6.07) is 8.04. The Kier molecular flexibility index (Phi) is 5.77. The van der Waals surface area contributed by atoms with Crippen LogP contribution in [0.4, 0.5) is 0 Å². The zero-order valence-corrected chi connectivity index (χ0v) is 14.9. The monoisotopic (exact) mass is 331 g/mol. The maximum absolute atomic E-state index is 12.9. The molecule has 1 aromatic rings. The molecule has 3 rings (SSSR count). The summed E-state index contributed by atoms with van der Waals surface area (Å²) in [7, 11) is 0. The summed E-state index contributed by atoms with van der Waals surface area (Å²) in [5.41, 5.74) is 0.732. The summed E-state index contributed by atoms with van der Waals surface area (Å²) in [6.45, 7) is 6.66. The number of amides is 1. The van der Waals surface area contributed by atoms with E-state index >= 15 is 0 Å². The third-order valence-corrected chi connectivity index (χ3v) is 4.74. The molecule has 1 unspecified atom stereocenters. The number of hydrogen-bond donors (Lipinski definition) is 0. The number of nitrogens with zero attached hydrogens (tertiary/aromatic N) is 1. The fourth-order valence-corrected chi connectivity index (χ4v) is 3.08. The van der Waals surface area contributed by atoms with Crippen LogP contribution in [0.2, 0.25) is 0 Å². The van der Waals surface area contributed by atoms with Gasteiger partial charge in [-0.2, -0.15) is 0 Å². The number of ether oxygens (including phenoxy) is 2. The van der Waals surface area contributed by atoms with Crippen LogP contribution in [0.1, 0.15) is 56.3 Å². The largest absolute Gasteiger partial charge is 0.491 e. The quantitative estimate of drug-likeness (QED) is 0.725. The molecule has 24 heavy (non-hydrogen) atoms. The Morgan fingerprint density at radius 1 is 1.33 bits per heavy atom. The highest BCUT2D eigenvalue weighted by atomic mass is 16.5. The standard InChI is InChI=1S/C20H29NO3/c1-15(2)10-11-21(17-8-9-17)20(22)16-5-3-6-18(13-16)24-14-19-7-4-12-23-19/h3,5-6,13,15,17,19H,4,7-12,14H2,1-2H3. The molecule has 1 heterocycles. The first-order valence-electron chi connectivity index (χ1n) is 9.29. The molecule has 1 saturated heterocycles. The topological polar surface area (TPSA) is 38.8 Å². The third kappa shape index (κ3) is 4.73. The maximum Gasteiger partial charge on any atom is 0.254 e. The molecule has 1 atom stereocenters. The summed E-state index contributed by atoms with van der Waals surface area (Å²) in [5, 5.41) is 0. The molecule has 0 aromatic heterocycles. The van der Waals surface area contributed by atoms with Gasteiger partial charge in [-0.25, -0.2) is 0 Å².